The molecule has 0 aliphatic carbocycles. The summed E-state index contributed by atoms with van der Waals surface area (Å²) in [5, 5.41) is 4.43. The Morgan fingerprint density at radius 1 is 1.15 bits per heavy atom. The highest BCUT2D eigenvalue weighted by Crippen LogP contribution is 2.23. The Labute approximate surface area is 192 Å². The second kappa shape index (κ2) is 9.74. The number of fused-ring (bicyclic) bond motifs is 1. The molecule has 0 unspecified atom stereocenters. The number of imidazole rings is 1. The van der Waals surface area contributed by atoms with Gasteiger partial charge >= 0.3 is 0 Å². The van der Waals surface area contributed by atoms with Crippen LogP contribution in [0.5, 0.6) is 0 Å². The van der Waals surface area contributed by atoms with Crippen LogP contribution < -0.4 is 10.3 Å². The number of ether oxygens (including phenoxy) is 1. The van der Waals surface area contributed by atoms with E-state index >= 15 is 0 Å². The van der Waals surface area contributed by atoms with E-state index in [0.29, 0.717) is 30.5 Å². The van der Waals surface area contributed by atoms with Gasteiger partial charge in [0.15, 0.2) is 17.0 Å². The minimum Gasteiger partial charge on any atom is -0.378 e. The van der Waals surface area contributed by atoms with Crippen LogP contribution in [0.15, 0.2) is 60.2 Å². The van der Waals surface area contributed by atoms with Crippen molar-refractivity contribution in [2.75, 3.05) is 36.6 Å². The highest BCUT2D eigenvalue weighted by molar-refractivity contribution is 5.86. The molecule has 9 nitrogen and oxygen atoms in total. The number of hydrogen-bond donors (Lipinski definition) is 1. The van der Waals surface area contributed by atoms with Crippen LogP contribution in [0.4, 0.5) is 11.8 Å². The molecule has 0 atom stereocenters. The van der Waals surface area contributed by atoms with Crippen molar-refractivity contribution < 1.29 is 4.74 Å². The summed E-state index contributed by atoms with van der Waals surface area (Å²) in [4.78, 5) is 20.6. The first kappa shape index (κ1) is 21.0. The zero-order valence-corrected chi connectivity index (χ0v) is 18.6. The molecule has 1 fully saturated rings. The number of hydrazone groups is 1. The quantitative estimate of drug-likeness (QED) is 0.347. The lowest BCUT2D eigenvalue weighted by atomic mass is 10.2. The zero-order chi connectivity index (χ0) is 22.5. The zero-order valence-electron chi connectivity index (χ0n) is 18.6. The number of morpholine rings is 1. The van der Waals surface area contributed by atoms with Crippen LogP contribution in [0, 0.1) is 6.92 Å². The Balaban J connectivity index is 1.45. The van der Waals surface area contributed by atoms with E-state index in [1.807, 2.05) is 30.7 Å². The summed E-state index contributed by atoms with van der Waals surface area (Å²) in [6, 6.07) is 12.2. The van der Waals surface area contributed by atoms with Crippen molar-refractivity contribution in [3.8, 4) is 0 Å². The Bertz CT molecular complexity index is 1250. The number of hydrogen-bond acceptors (Lipinski definition) is 8. The lowest BCUT2D eigenvalue weighted by Crippen LogP contribution is -2.37. The molecule has 3 aromatic heterocycles. The molecule has 1 N–H and O–H groups in total. The molecule has 5 rings (SSSR count). The van der Waals surface area contributed by atoms with Gasteiger partial charge in [-0.25, -0.2) is 4.98 Å². The number of pyridine rings is 1. The Hall–Kier alpha value is -3.85. The third-order valence-corrected chi connectivity index (χ3v) is 5.54. The van der Waals surface area contributed by atoms with E-state index in [-0.39, 0.29) is 0 Å². The van der Waals surface area contributed by atoms with Gasteiger partial charge in [-0.1, -0.05) is 35.9 Å². The average Bonchev–Trinajstić information content (AvgIpc) is 3.27. The van der Waals surface area contributed by atoms with Crippen LogP contribution in [-0.2, 0) is 17.7 Å². The number of aromatic nitrogens is 5. The minimum atomic E-state index is 0.588. The van der Waals surface area contributed by atoms with E-state index in [2.05, 4.69) is 55.1 Å². The fraction of sp³-hybridized carbons (Fsp3) is 0.292. The van der Waals surface area contributed by atoms with Crippen molar-refractivity contribution in [3.05, 3.63) is 71.8 Å². The number of aryl methyl sites for hydroxylation is 3. The number of nitrogens with one attached hydrogen (secondary N) is 1. The van der Waals surface area contributed by atoms with E-state index in [4.69, 9.17) is 14.7 Å². The van der Waals surface area contributed by atoms with Crippen LogP contribution in [-0.4, -0.2) is 57.0 Å². The Morgan fingerprint density at radius 3 is 2.88 bits per heavy atom. The average molecular weight is 443 g/mol. The van der Waals surface area contributed by atoms with E-state index in [1.54, 1.807) is 12.4 Å². The van der Waals surface area contributed by atoms with E-state index in [0.717, 1.165) is 37.3 Å². The van der Waals surface area contributed by atoms with Crippen molar-refractivity contribution in [1.82, 2.24) is 24.5 Å². The van der Waals surface area contributed by atoms with Gasteiger partial charge in [0.25, 0.3) is 0 Å². The largest absolute Gasteiger partial charge is 0.378 e. The number of rotatable bonds is 7. The van der Waals surface area contributed by atoms with Crippen LogP contribution in [0.1, 0.15) is 16.7 Å². The summed E-state index contributed by atoms with van der Waals surface area (Å²) in [5.74, 6) is 1.24. The molecule has 1 aliphatic heterocycles. The molecule has 33 heavy (non-hydrogen) atoms. The molecule has 0 radical (unpaired) electrons. The fourth-order valence-electron chi connectivity index (χ4n) is 3.79. The smallest absolute Gasteiger partial charge is 0.229 e. The highest BCUT2D eigenvalue weighted by Gasteiger charge is 2.19. The SMILES string of the molecule is Cc1cccc(/C=N/Nc2nc(N3CCOCC3)nc3c2ncn3CCc2cccnc2)c1. The topological polar surface area (TPSA) is 93.4 Å². The van der Waals surface area contributed by atoms with Gasteiger partial charge in [0, 0.05) is 32.0 Å². The summed E-state index contributed by atoms with van der Waals surface area (Å²) in [5.41, 5.74) is 7.94. The predicted molar refractivity (Wildman–Crippen MR) is 129 cm³/mol. The summed E-state index contributed by atoms with van der Waals surface area (Å²) in [6.07, 6.45) is 8.11. The van der Waals surface area contributed by atoms with Crippen molar-refractivity contribution >= 4 is 29.1 Å². The molecule has 4 heterocycles. The predicted octanol–water partition coefficient (Wildman–Crippen LogP) is 3.06. The number of nitrogens with zero attached hydrogens (tertiary/aromatic N) is 7. The molecule has 9 heteroatoms. The van der Waals surface area contributed by atoms with Gasteiger partial charge in [0.05, 0.1) is 25.8 Å². The highest BCUT2D eigenvalue weighted by atomic mass is 16.5. The van der Waals surface area contributed by atoms with Gasteiger partial charge in [-0.2, -0.15) is 15.1 Å². The summed E-state index contributed by atoms with van der Waals surface area (Å²) in [6.45, 7) is 5.63. The maximum absolute atomic E-state index is 5.50. The lowest BCUT2D eigenvalue weighted by molar-refractivity contribution is 0.122. The Kier molecular flexibility index (Phi) is 6.21. The van der Waals surface area contributed by atoms with Crippen LogP contribution >= 0.6 is 0 Å². The lowest BCUT2D eigenvalue weighted by Gasteiger charge is -2.27. The van der Waals surface area contributed by atoms with E-state index < -0.39 is 0 Å². The van der Waals surface area contributed by atoms with Gasteiger partial charge < -0.3 is 14.2 Å². The summed E-state index contributed by atoms with van der Waals surface area (Å²) < 4.78 is 7.56. The molecular weight excluding hydrogens is 416 g/mol. The molecule has 1 aliphatic rings. The number of benzene rings is 1. The summed E-state index contributed by atoms with van der Waals surface area (Å²) in [7, 11) is 0. The van der Waals surface area contributed by atoms with Gasteiger partial charge in [-0.3, -0.25) is 10.4 Å². The van der Waals surface area contributed by atoms with Crippen molar-refractivity contribution in [2.24, 2.45) is 5.10 Å². The van der Waals surface area contributed by atoms with Gasteiger partial charge in [-0.15, -0.1) is 0 Å². The summed E-state index contributed by atoms with van der Waals surface area (Å²) >= 11 is 0. The maximum atomic E-state index is 5.50. The van der Waals surface area contributed by atoms with E-state index in [9.17, 15) is 0 Å². The molecule has 4 aromatic rings. The second-order valence-corrected chi connectivity index (χ2v) is 7.98. The molecular formula is C24H26N8O. The second-order valence-electron chi connectivity index (χ2n) is 7.98. The van der Waals surface area contributed by atoms with Crippen molar-refractivity contribution in [2.45, 2.75) is 19.9 Å². The molecule has 0 spiro atoms. The standard InChI is InChI=1S/C24H26N8O/c1-18-4-2-5-20(14-18)16-27-30-22-21-23(29-24(28-22)31-10-12-33-13-11-31)32(17-26-21)9-7-19-6-3-8-25-15-19/h2-6,8,14-17H,7,9-13H2,1H3,(H,28,29,30)/b27-16+. The first-order valence-electron chi connectivity index (χ1n) is 11.1. The third-order valence-electron chi connectivity index (χ3n) is 5.54. The third kappa shape index (κ3) is 4.98. The monoisotopic (exact) mass is 442 g/mol. The molecule has 1 saturated heterocycles. The first-order valence-corrected chi connectivity index (χ1v) is 11.1. The van der Waals surface area contributed by atoms with Crippen molar-refractivity contribution in [1.29, 1.82) is 0 Å². The van der Waals surface area contributed by atoms with Gasteiger partial charge in [0.1, 0.15) is 0 Å². The molecule has 1 aromatic carbocycles. The number of anilines is 2. The normalized spacial score (nSPS) is 14.3. The fourth-order valence-corrected chi connectivity index (χ4v) is 3.79. The van der Waals surface area contributed by atoms with Gasteiger partial charge in [-0.05, 0) is 30.5 Å². The van der Waals surface area contributed by atoms with Crippen LogP contribution in [0.25, 0.3) is 11.2 Å². The van der Waals surface area contributed by atoms with Crippen LogP contribution in [0.3, 0.4) is 0 Å². The van der Waals surface area contributed by atoms with Crippen LogP contribution in [0.2, 0.25) is 0 Å². The molecule has 0 amide bonds. The molecule has 0 bridgehead atoms. The maximum Gasteiger partial charge on any atom is 0.229 e. The molecule has 168 valence electrons. The van der Waals surface area contributed by atoms with Gasteiger partial charge in [0.2, 0.25) is 5.95 Å². The van der Waals surface area contributed by atoms with E-state index in [1.165, 1.54) is 11.1 Å². The molecule has 0 saturated carbocycles. The minimum absolute atomic E-state index is 0.588. The first-order chi connectivity index (χ1) is 16.3. The van der Waals surface area contributed by atoms with Crippen molar-refractivity contribution in [3.63, 3.8) is 0 Å². The Morgan fingerprint density at radius 2 is 2.06 bits per heavy atom.